The van der Waals surface area contributed by atoms with Gasteiger partial charge in [-0.2, -0.15) is 0 Å². The first kappa shape index (κ1) is 18.3. The molecular weight excluding hydrogens is 355 g/mol. The standard InChI is InChI=1S/C19H20ClFN4O/c1-11(2)10-23-18-9-14-13(5-6-22-19(14)24-18)17(25-26)8-12-3-4-16(21)15(20)7-12/h3-7,11,26H,8-10H2,1-2H3,(H,22,23,24)/b25-17+. The van der Waals surface area contributed by atoms with Gasteiger partial charge in [-0.05, 0) is 29.7 Å². The fraction of sp³-hybridized carbons (Fsp3) is 0.316. The summed E-state index contributed by atoms with van der Waals surface area (Å²) in [6.07, 6.45) is 2.59. The Morgan fingerprint density at radius 1 is 1.38 bits per heavy atom. The van der Waals surface area contributed by atoms with Crippen LogP contribution in [0.15, 0.2) is 40.6 Å². The molecule has 26 heavy (non-hydrogen) atoms. The van der Waals surface area contributed by atoms with Gasteiger partial charge in [-0.3, -0.25) is 4.99 Å². The predicted octanol–water partition coefficient (Wildman–Crippen LogP) is 4.32. The molecule has 0 unspecified atom stereocenters. The summed E-state index contributed by atoms with van der Waals surface area (Å²) in [6.45, 7) is 4.96. The Balaban J connectivity index is 1.87. The highest BCUT2D eigenvalue weighted by atomic mass is 35.5. The third kappa shape index (κ3) is 4.02. The summed E-state index contributed by atoms with van der Waals surface area (Å²) in [6, 6.07) is 6.28. The molecule has 3 rings (SSSR count). The van der Waals surface area contributed by atoms with Gasteiger partial charge in [-0.15, -0.1) is 0 Å². The van der Waals surface area contributed by atoms with Crippen molar-refractivity contribution in [1.29, 1.82) is 0 Å². The smallest absolute Gasteiger partial charge is 0.141 e. The molecule has 0 saturated carbocycles. The fourth-order valence-corrected chi connectivity index (χ4v) is 3.02. The van der Waals surface area contributed by atoms with E-state index in [1.807, 2.05) is 6.07 Å². The number of aliphatic imine (C=N–C) groups is 1. The van der Waals surface area contributed by atoms with Crippen molar-refractivity contribution in [3.8, 4) is 0 Å². The minimum absolute atomic E-state index is 0.0459. The molecule has 2 N–H and O–H groups in total. The molecule has 0 amide bonds. The highest BCUT2D eigenvalue weighted by molar-refractivity contribution is 6.30. The van der Waals surface area contributed by atoms with E-state index in [0.29, 0.717) is 24.5 Å². The molecule has 0 saturated heterocycles. The number of halogens is 2. The largest absolute Gasteiger partial charge is 0.411 e. The van der Waals surface area contributed by atoms with Gasteiger partial charge in [0.1, 0.15) is 17.5 Å². The zero-order chi connectivity index (χ0) is 18.7. The van der Waals surface area contributed by atoms with Crippen LogP contribution in [0.2, 0.25) is 5.02 Å². The van der Waals surface area contributed by atoms with E-state index in [-0.39, 0.29) is 5.02 Å². The third-order valence-electron chi connectivity index (χ3n) is 4.10. The summed E-state index contributed by atoms with van der Waals surface area (Å²) >= 11 is 5.85. The number of oxime groups is 1. The number of aromatic nitrogens is 1. The van der Waals surface area contributed by atoms with Crippen LogP contribution in [-0.4, -0.2) is 28.3 Å². The predicted molar refractivity (Wildman–Crippen MR) is 102 cm³/mol. The Labute approximate surface area is 156 Å². The number of hydrogen-bond acceptors (Lipinski definition) is 4. The first-order valence-corrected chi connectivity index (χ1v) is 8.79. The molecule has 1 aliphatic rings. The van der Waals surface area contributed by atoms with Crippen molar-refractivity contribution in [3.05, 3.63) is 58.0 Å². The first-order valence-electron chi connectivity index (χ1n) is 8.41. The molecule has 1 aliphatic heterocycles. The molecular formula is C19H20ClFN4O. The Hall–Kier alpha value is -2.47. The zero-order valence-corrected chi connectivity index (χ0v) is 15.4. The van der Waals surface area contributed by atoms with Crippen molar-refractivity contribution in [2.45, 2.75) is 26.7 Å². The van der Waals surface area contributed by atoms with Crippen LogP contribution in [0.1, 0.15) is 30.5 Å². The molecule has 1 aromatic carbocycles. The molecule has 136 valence electrons. The quantitative estimate of drug-likeness (QED) is 0.465. The van der Waals surface area contributed by atoms with Gasteiger partial charge in [0.2, 0.25) is 0 Å². The van der Waals surface area contributed by atoms with Crippen molar-refractivity contribution >= 4 is 29.0 Å². The monoisotopic (exact) mass is 374 g/mol. The van der Waals surface area contributed by atoms with E-state index in [0.717, 1.165) is 34.9 Å². The average molecular weight is 375 g/mol. The van der Waals surface area contributed by atoms with E-state index < -0.39 is 5.82 Å². The number of rotatable bonds is 5. The minimum atomic E-state index is -0.474. The SMILES string of the molecule is CC(C)CN=C1Cc2c(/C(Cc3ccc(F)c(Cl)c3)=N/O)ccnc2N1. The molecule has 0 radical (unpaired) electrons. The van der Waals surface area contributed by atoms with E-state index in [9.17, 15) is 9.60 Å². The molecule has 7 heteroatoms. The summed E-state index contributed by atoms with van der Waals surface area (Å²) in [7, 11) is 0. The van der Waals surface area contributed by atoms with Gasteiger partial charge < -0.3 is 10.5 Å². The van der Waals surface area contributed by atoms with Crippen LogP contribution in [0, 0.1) is 11.7 Å². The van der Waals surface area contributed by atoms with Crippen LogP contribution in [0.5, 0.6) is 0 Å². The normalized spacial score (nSPS) is 15.4. The van der Waals surface area contributed by atoms with E-state index in [2.05, 4.69) is 34.3 Å². The minimum Gasteiger partial charge on any atom is -0.411 e. The van der Waals surface area contributed by atoms with Crippen LogP contribution in [0.3, 0.4) is 0 Å². The lowest BCUT2D eigenvalue weighted by Gasteiger charge is -2.09. The maximum atomic E-state index is 13.4. The summed E-state index contributed by atoms with van der Waals surface area (Å²) in [5.74, 6) is 1.58. The first-order chi connectivity index (χ1) is 12.5. The molecule has 2 aromatic rings. The lowest BCUT2D eigenvalue weighted by molar-refractivity contribution is 0.318. The van der Waals surface area contributed by atoms with Crippen molar-refractivity contribution in [1.82, 2.24) is 4.98 Å². The number of nitrogens with zero attached hydrogens (tertiary/aromatic N) is 3. The van der Waals surface area contributed by atoms with Crippen LogP contribution >= 0.6 is 11.6 Å². The second-order valence-corrected chi connectivity index (χ2v) is 7.05. The van der Waals surface area contributed by atoms with Gasteiger partial charge in [-0.25, -0.2) is 9.37 Å². The zero-order valence-electron chi connectivity index (χ0n) is 14.6. The fourth-order valence-electron chi connectivity index (χ4n) is 2.81. The molecule has 0 bridgehead atoms. The van der Waals surface area contributed by atoms with E-state index in [1.165, 1.54) is 12.1 Å². The van der Waals surface area contributed by atoms with Gasteiger partial charge in [-0.1, -0.05) is 36.7 Å². The highest BCUT2D eigenvalue weighted by Crippen LogP contribution is 2.26. The van der Waals surface area contributed by atoms with Gasteiger partial charge >= 0.3 is 0 Å². The molecule has 0 spiro atoms. The second kappa shape index (κ2) is 7.83. The van der Waals surface area contributed by atoms with Crippen molar-refractivity contribution in [3.63, 3.8) is 0 Å². The second-order valence-electron chi connectivity index (χ2n) is 6.64. The van der Waals surface area contributed by atoms with E-state index in [1.54, 1.807) is 12.3 Å². The van der Waals surface area contributed by atoms with Crippen LogP contribution < -0.4 is 5.32 Å². The topological polar surface area (TPSA) is 69.9 Å². The Bertz CT molecular complexity index is 880. The lowest BCUT2D eigenvalue weighted by atomic mass is 9.98. The molecule has 0 atom stereocenters. The van der Waals surface area contributed by atoms with Gasteiger partial charge in [0.15, 0.2) is 0 Å². The molecule has 1 aromatic heterocycles. The van der Waals surface area contributed by atoms with E-state index in [4.69, 9.17) is 11.6 Å². The van der Waals surface area contributed by atoms with Gasteiger partial charge in [0.25, 0.3) is 0 Å². The number of fused-ring (bicyclic) bond motifs is 1. The summed E-state index contributed by atoms with van der Waals surface area (Å²) in [5.41, 5.74) is 2.96. The number of benzene rings is 1. The number of anilines is 1. The Morgan fingerprint density at radius 2 is 2.19 bits per heavy atom. The van der Waals surface area contributed by atoms with Crippen molar-refractivity contribution in [2.24, 2.45) is 16.1 Å². The number of nitrogens with one attached hydrogen (secondary N) is 1. The molecule has 0 aliphatic carbocycles. The maximum absolute atomic E-state index is 13.4. The van der Waals surface area contributed by atoms with Crippen LogP contribution in [-0.2, 0) is 12.8 Å². The van der Waals surface area contributed by atoms with Crippen molar-refractivity contribution < 1.29 is 9.60 Å². The summed E-state index contributed by atoms with van der Waals surface area (Å²) < 4.78 is 13.4. The lowest BCUT2D eigenvalue weighted by Crippen LogP contribution is -2.10. The molecule has 2 heterocycles. The van der Waals surface area contributed by atoms with Gasteiger partial charge in [0, 0.05) is 36.7 Å². The summed E-state index contributed by atoms with van der Waals surface area (Å²) in [4.78, 5) is 8.92. The number of amidine groups is 1. The molecule has 5 nitrogen and oxygen atoms in total. The maximum Gasteiger partial charge on any atom is 0.141 e. The number of hydrogen-bond donors (Lipinski definition) is 2. The number of pyridine rings is 1. The Kier molecular flexibility index (Phi) is 5.52. The Morgan fingerprint density at radius 3 is 2.88 bits per heavy atom. The average Bonchev–Trinajstić information content (AvgIpc) is 3.04. The van der Waals surface area contributed by atoms with Crippen LogP contribution in [0.4, 0.5) is 10.2 Å². The third-order valence-corrected chi connectivity index (χ3v) is 4.39. The highest BCUT2D eigenvalue weighted by Gasteiger charge is 2.23. The van der Waals surface area contributed by atoms with Gasteiger partial charge in [0.05, 0.1) is 10.7 Å². The van der Waals surface area contributed by atoms with Crippen molar-refractivity contribution in [2.75, 3.05) is 11.9 Å². The van der Waals surface area contributed by atoms with E-state index >= 15 is 0 Å². The summed E-state index contributed by atoms with van der Waals surface area (Å²) in [5, 5.41) is 16.3. The molecule has 0 fully saturated rings. The van der Waals surface area contributed by atoms with Crippen LogP contribution in [0.25, 0.3) is 0 Å².